The maximum absolute atomic E-state index is 6.40. The van der Waals surface area contributed by atoms with E-state index in [4.69, 9.17) is 20.5 Å². The summed E-state index contributed by atoms with van der Waals surface area (Å²) in [6, 6.07) is 8.82. The van der Waals surface area contributed by atoms with E-state index in [0.29, 0.717) is 17.3 Å². The molecule has 1 radical (unpaired) electrons. The first kappa shape index (κ1) is 33.7. The molecule has 0 spiro atoms. The molecule has 0 saturated heterocycles. The molecule has 0 aliphatic rings. The van der Waals surface area contributed by atoms with Crippen molar-refractivity contribution in [3.8, 4) is 0 Å². The van der Waals surface area contributed by atoms with Crippen LogP contribution < -0.4 is 0 Å². The monoisotopic (exact) mass is 537 g/mol. The summed E-state index contributed by atoms with van der Waals surface area (Å²) >= 11 is 6.40. The number of hydrogen-bond donors (Lipinski definition) is 0. The molecule has 36 heavy (non-hydrogen) atoms. The van der Waals surface area contributed by atoms with Gasteiger partial charge in [-0.25, -0.2) is 0 Å². The smallest absolute Gasteiger partial charge is 0.388 e. The van der Waals surface area contributed by atoms with E-state index in [-0.39, 0.29) is 0 Å². The summed E-state index contributed by atoms with van der Waals surface area (Å²) in [6.45, 7) is 10.3. The lowest BCUT2D eigenvalue weighted by atomic mass is 9.85. The average Bonchev–Trinajstić information content (AvgIpc) is 2.90. The van der Waals surface area contributed by atoms with Crippen LogP contribution in [-0.4, -0.2) is 22.5 Å². The van der Waals surface area contributed by atoms with E-state index < -0.39 is 9.28 Å². The molecule has 2 nitrogen and oxygen atoms in total. The second-order valence-corrected chi connectivity index (χ2v) is 12.6. The lowest BCUT2D eigenvalue weighted by Crippen LogP contribution is -2.33. The molecule has 0 amide bonds. The molecule has 0 bridgehead atoms. The topological polar surface area (TPSA) is 18.5 Å². The van der Waals surface area contributed by atoms with Crippen LogP contribution in [0.2, 0.25) is 5.54 Å². The van der Waals surface area contributed by atoms with Gasteiger partial charge in [-0.3, -0.25) is 0 Å². The normalized spacial score (nSPS) is 13.4. The van der Waals surface area contributed by atoms with Crippen LogP contribution in [0, 0.1) is 0 Å². The maximum atomic E-state index is 6.40. The van der Waals surface area contributed by atoms with E-state index >= 15 is 0 Å². The molecule has 209 valence electrons. The predicted molar refractivity (Wildman–Crippen MR) is 161 cm³/mol. The highest BCUT2D eigenvalue weighted by atomic mass is 35.5. The van der Waals surface area contributed by atoms with Crippen LogP contribution >= 0.6 is 11.6 Å². The first-order valence-corrected chi connectivity index (χ1v) is 17.4. The van der Waals surface area contributed by atoms with E-state index in [1.165, 1.54) is 107 Å². The molecule has 4 heteroatoms. The summed E-state index contributed by atoms with van der Waals surface area (Å²) < 4.78 is 12.5. The van der Waals surface area contributed by atoms with Crippen molar-refractivity contribution in [1.29, 1.82) is 0 Å². The van der Waals surface area contributed by atoms with Crippen molar-refractivity contribution in [1.82, 2.24) is 0 Å². The number of benzene rings is 1. The van der Waals surface area contributed by atoms with E-state index in [1.54, 1.807) is 0 Å². The van der Waals surface area contributed by atoms with Crippen molar-refractivity contribution < 1.29 is 8.85 Å². The van der Waals surface area contributed by atoms with Crippen LogP contribution in [0.5, 0.6) is 0 Å². The molecule has 0 saturated carbocycles. The number of rotatable bonds is 25. The fourth-order valence-corrected chi connectivity index (χ4v) is 8.01. The van der Waals surface area contributed by atoms with Gasteiger partial charge in [-0.05, 0) is 43.7 Å². The van der Waals surface area contributed by atoms with Crippen molar-refractivity contribution in [3.63, 3.8) is 0 Å². The molecule has 1 aromatic rings. The van der Waals surface area contributed by atoms with Gasteiger partial charge in [0.15, 0.2) is 0 Å². The fourth-order valence-electron chi connectivity index (χ4n) is 5.48. The van der Waals surface area contributed by atoms with Gasteiger partial charge in [-0.1, -0.05) is 134 Å². The number of alkyl halides is 1. The molecule has 0 fully saturated rings. The summed E-state index contributed by atoms with van der Waals surface area (Å²) in [7, 11) is -1.33. The van der Waals surface area contributed by atoms with Gasteiger partial charge < -0.3 is 8.85 Å². The lowest BCUT2D eigenvalue weighted by molar-refractivity contribution is 0.195. The number of halogens is 1. The molecule has 0 heterocycles. The van der Waals surface area contributed by atoms with Crippen LogP contribution in [-0.2, 0) is 14.7 Å². The SMILES string of the molecule is CCCCCCCCCCCCCCCCC(c1ccccc1CCl)C(CCC)[Si](OCC)OCC. The Morgan fingerprint density at radius 2 is 1.14 bits per heavy atom. The van der Waals surface area contributed by atoms with E-state index in [1.807, 2.05) is 0 Å². The molecule has 0 aliphatic carbocycles. The lowest BCUT2D eigenvalue weighted by Gasteiger charge is -2.32. The fraction of sp³-hybridized carbons (Fsp3) is 0.812. The van der Waals surface area contributed by atoms with Crippen molar-refractivity contribution in [2.24, 2.45) is 0 Å². The Labute approximate surface area is 232 Å². The second kappa shape index (κ2) is 23.7. The molecular formula is C32H58ClO2Si. The van der Waals surface area contributed by atoms with Gasteiger partial charge in [0.25, 0.3) is 0 Å². The zero-order valence-electron chi connectivity index (χ0n) is 24.3. The Kier molecular flexibility index (Phi) is 22.2. The average molecular weight is 538 g/mol. The van der Waals surface area contributed by atoms with Crippen molar-refractivity contribution >= 4 is 20.9 Å². The first-order chi connectivity index (χ1) is 17.7. The van der Waals surface area contributed by atoms with Crippen molar-refractivity contribution in [3.05, 3.63) is 35.4 Å². The molecule has 2 atom stereocenters. The van der Waals surface area contributed by atoms with Crippen LogP contribution in [0.4, 0.5) is 0 Å². The third kappa shape index (κ3) is 14.5. The van der Waals surface area contributed by atoms with Gasteiger partial charge >= 0.3 is 9.28 Å². The minimum atomic E-state index is -1.33. The highest BCUT2D eigenvalue weighted by Crippen LogP contribution is 2.41. The Hall–Kier alpha value is -0.353. The second-order valence-electron chi connectivity index (χ2n) is 10.4. The molecule has 2 unspecified atom stereocenters. The summed E-state index contributed by atoms with van der Waals surface area (Å²) in [5, 5.41) is 0. The summed E-state index contributed by atoms with van der Waals surface area (Å²) in [4.78, 5) is 0. The quantitative estimate of drug-likeness (QED) is 0.0701. The zero-order chi connectivity index (χ0) is 26.3. The predicted octanol–water partition coefficient (Wildman–Crippen LogP) is 11.1. The number of hydrogen-bond acceptors (Lipinski definition) is 2. The van der Waals surface area contributed by atoms with Crippen LogP contribution in [0.15, 0.2) is 24.3 Å². The van der Waals surface area contributed by atoms with Gasteiger partial charge in [0, 0.05) is 24.6 Å². The van der Waals surface area contributed by atoms with E-state index in [9.17, 15) is 0 Å². The van der Waals surface area contributed by atoms with Gasteiger partial charge in [0.1, 0.15) is 0 Å². The standard InChI is InChI=1S/C32H58ClO2Si/c1-5-9-10-11-12-13-14-15-16-17-18-19-20-21-27-31(30-26-23-22-25-29(30)28-33)32(24-6-2)36(34-7-3)35-8-4/h22-23,25-26,31-32H,5-21,24,27-28H2,1-4H3. The van der Waals surface area contributed by atoms with Gasteiger partial charge in [0.2, 0.25) is 0 Å². The Bertz CT molecular complexity index is 606. The molecule has 1 rings (SSSR count). The Morgan fingerprint density at radius 1 is 0.639 bits per heavy atom. The van der Waals surface area contributed by atoms with Gasteiger partial charge in [-0.15, -0.1) is 11.6 Å². The minimum absolute atomic E-state index is 0.464. The Balaban J connectivity index is 2.52. The van der Waals surface area contributed by atoms with Gasteiger partial charge in [0.05, 0.1) is 0 Å². The van der Waals surface area contributed by atoms with Crippen LogP contribution in [0.3, 0.4) is 0 Å². The van der Waals surface area contributed by atoms with Crippen LogP contribution in [0.1, 0.15) is 154 Å². The summed E-state index contributed by atoms with van der Waals surface area (Å²) in [5.41, 5.74) is 3.18. The summed E-state index contributed by atoms with van der Waals surface area (Å²) in [5.74, 6) is 1.06. The third-order valence-electron chi connectivity index (χ3n) is 7.43. The minimum Gasteiger partial charge on any atom is -0.393 e. The van der Waals surface area contributed by atoms with Crippen molar-refractivity contribution in [2.45, 2.75) is 154 Å². The zero-order valence-corrected chi connectivity index (χ0v) is 26.1. The third-order valence-corrected chi connectivity index (χ3v) is 10.2. The summed E-state index contributed by atoms with van der Waals surface area (Å²) in [6.07, 6.45) is 23.2. The molecule has 0 N–H and O–H groups in total. The van der Waals surface area contributed by atoms with Crippen LogP contribution in [0.25, 0.3) is 0 Å². The highest BCUT2D eigenvalue weighted by Gasteiger charge is 2.35. The largest absolute Gasteiger partial charge is 0.393 e. The number of unbranched alkanes of at least 4 members (excludes halogenated alkanes) is 13. The first-order valence-electron chi connectivity index (χ1n) is 15.5. The van der Waals surface area contributed by atoms with E-state index in [2.05, 4.69) is 52.0 Å². The highest BCUT2D eigenvalue weighted by molar-refractivity contribution is 6.46. The van der Waals surface area contributed by atoms with E-state index in [0.717, 1.165) is 26.1 Å². The molecule has 0 aliphatic heterocycles. The molecular weight excluding hydrogens is 480 g/mol. The van der Waals surface area contributed by atoms with Crippen molar-refractivity contribution in [2.75, 3.05) is 13.2 Å². The molecule has 0 aromatic heterocycles. The maximum Gasteiger partial charge on any atom is 0.388 e. The Morgan fingerprint density at radius 3 is 1.61 bits per heavy atom. The molecule has 1 aromatic carbocycles. The van der Waals surface area contributed by atoms with Gasteiger partial charge in [-0.2, -0.15) is 0 Å².